The molecule has 2 aromatic rings. The smallest absolute Gasteiger partial charge is 0.226 e. The Labute approximate surface area is 124 Å². The van der Waals surface area contributed by atoms with E-state index < -0.39 is 0 Å². The van der Waals surface area contributed by atoms with Crippen LogP contribution in [0.25, 0.3) is 10.2 Å². The molecule has 0 bridgehead atoms. The first kappa shape index (κ1) is 13.6. The third kappa shape index (κ3) is 2.24. The average Bonchev–Trinajstić information content (AvgIpc) is 2.90. The average molecular weight is 290 g/mol. The highest BCUT2D eigenvalue weighted by Gasteiger charge is 2.34. The minimum atomic E-state index is 0.181. The Morgan fingerprint density at radius 1 is 1.40 bits per heavy atom. The molecule has 1 N–H and O–H groups in total. The second kappa shape index (κ2) is 4.88. The number of thiophene rings is 1. The lowest BCUT2D eigenvalue weighted by Gasteiger charge is -2.33. The second-order valence-electron chi connectivity index (χ2n) is 6.04. The number of nitrogens with one attached hydrogen (secondary N) is 1. The Bertz CT molecular complexity index is 632. The van der Waals surface area contributed by atoms with Gasteiger partial charge in [-0.2, -0.15) is 4.98 Å². The summed E-state index contributed by atoms with van der Waals surface area (Å²) in [6.45, 7) is 10.8. The van der Waals surface area contributed by atoms with Gasteiger partial charge in [0, 0.05) is 23.5 Å². The quantitative estimate of drug-likeness (QED) is 0.933. The number of nitrogens with zero attached hydrogens (tertiary/aromatic N) is 3. The van der Waals surface area contributed by atoms with E-state index in [1.54, 1.807) is 11.3 Å². The Hall–Kier alpha value is -1.36. The van der Waals surface area contributed by atoms with Crippen LogP contribution in [0.3, 0.4) is 0 Å². The number of rotatable bonds is 3. The van der Waals surface area contributed by atoms with Gasteiger partial charge in [0.1, 0.15) is 10.6 Å². The van der Waals surface area contributed by atoms with Gasteiger partial charge < -0.3 is 10.2 Å². The van der Waals surface area contributed by atoms with Gasteiger partial charge in [0.25, 0.3) is 0 Å². The summed E-state index contributed by atoms with van der Waals surface area (Å²) in [6, 6.07) is 2.22. The van der Waals surface area contributed by atoms with Crippen molar-refractivity contribution in [1.82, 2.24) is 9.97 Å². The molecule has 0 aromatic carbocycles. The van der Waals surface area contributed by atoms with Crippen LogP contribution in [0.15, 0.2) is 6.07 Å². The summed E-state index contributed by atoms with van der Waals surface area (Å²) in [7, 11) is 0. The molecule has 1 aliphatic heterocycles. The molecule has 20 heavy (non-hydrogen) atoms. The number of aryl methyl sites for hydroxylation is 1. The van der Waals surface area contributed by atoms with Crippen molar-refractivity contribution in [1.29, 1.82) is 0 Å². The van der Waals surface area contributed by atoms with Crippen molar-refractivity contribution in [3.63, 3.8) is 0 Å². The number of fused-ring (bicyclic) bond motifs is 1. The van der Waals surface area contributed by atoms with Crippen molar-refractivity contribution in [3.05, 3.63) is 10.9 Å². The fourth-order valence-electron chi connectivity index (χ4n) is 2.97. The van der Waals surface area contributed by atoms with E-state index in [9.17, 15) is 0 Å². The van der Waals surface area contributed by atoms with Crippen molar-refractivity contribution in [2.24, 2.45) is 0 Å². The van der Waals surface area contributed by atoms with Gasteiger partial charge in [0.2, 0.25) is 5.95 Å². The van der Waals surface area contributed by atoms with Crippen LogP contribution in [-0.2, 0) is 0 Å². The van der Waals surface area contributed by atoms with Crippen LogP contribution in [0.1, 0.15) is 38.5 Å². The number of anilines is 2. The first-order valence-corrected chi connectivity index (χ1v) is 8.12. The van der Waals surface area contributed by atoms with Gasteiger partial charge in [0.05, 0.1) is 5.39 Å². The standard InChI is InChI=1S/C15H22N4S/c1-5-16-14-17-12(19-8-6-7-15(19,3)4)11-9-10(2)20-13(11)18-14/h9H,5-8H2,1-4H3,(H,16,17,18). The normalized spacial score (nSPS) is 17.9. The largest absolute Gasteiger partial charge is 0.354 e. The van der Waals surface area contributed by atoms with Crippen LogP contribution in [0.4, 0.5) is 11.8 Å². The zero-order chi connectivity index (χ0) is 14.3. The minimum absolute atomic E-state index is 0.181. The minimum Gasteiger partial charge on any atom is -0.354 e. The highest BCUT2D eigenvalue weighted by atomic mass is 32.1. The highest BCUT2D eigenvalue weighted by Crippen LogP contribution is 2.38. The first-order valence-electron chi connectivity index (χ1n) is 7.31. The SMILES string of the molecule is CCNc1nc(N2CCCC2(C)C)c2cc(C)sc2n1. The molecule has 108 valence electrons. The summed E-state index contributed by atoms with van der Waals surface area (Å²) >= 11 is 1.75. The van der Waals surface area contributed by atoms with Gasteiger partial charge in [-0.15, -0.1) is 11.3 Å². The molecule has 1 saturated heterocycles. The highest BCUT2D eigenvalue weighted by molar-refractivity contribution is 7.18. The maximum Gasteiger partial charge on any atom is 0.226 e. The molecule has 1 aliphatic rings. The van der Waals surface area contributed by atoms with E-state index in [-0.39, 0.29) is 5.54 Å². The van der Waals surface area contributed by atoms with E-state index in [2.05, 4.69) is 49.0 Å². The van der Waals surface area contributed by atoms with Crippen LogP contribution in [-0.4, -0.2) is 28.6 Å². The first-order chi connectivity index (χ1) is 9.51. The zero-order valence-corrected chi connectivity index (χ0v) is 13.5. The van der Waals surface area contributed by atoms with Gasteiger partial charge in [-0.25, -0.2) is 4.98 Å². The fraction of sp³-hybridized carbons (Fsp3) is 0.600. The third-order valence-electron chi connectivity index (χ3n) is 3.99. The maximum absolute atomic E-state index is 4.79. The topological polar surface area (TPSA) is 41.1 Å². The molecule has 0 radical (unpaired) electrons. The van der Waals surface area contributed by atoms with Gasteiger partial charge >= 0.3 is 0 Å². The van der Waals surface area contributed by atoms with E-state index in [4.69, 9.17) is 4.98 Å². The molecular formula is C15H22N4S. The molecule has 0 amide bonds. The van der Waals surface area contributed by atoms with Crippen molar-refractivity contribution >= 4 is 33.3 Å². The van der Waals surface area contributed by atoms with E-state index in [0.717, 1.165) is 29.7 Å². The van der Waals surface area contributed by atoms with Crippen molar-refractivity contribution in [2.75, 3.05) is 23.3 Å². The van der Waals surface area contributed by atoms with Crippen molar-refractivity contribution in [3.8, 4) is 0 Å². The van der Waals surface area contributed by atoms with E-state index >= 15 is 0 Å². The predicted octanol–water partition coefficient (Wildman–Crippen LogP) is 3.81. The lowest BCUT2D eigenvalue weighted by atomic mass is 10.0. The summed E-state index contributed by atoms with van der Waals surface area (Å²) in [6.07, 6.45) is 2.45. The van der Waals surface area contributed by atoms with Crippen LogP contribution in [0.5, 0.6) is 0 Å². The third-order valence-corrected chi connectivity index (χ3v) is 4.93. The Kier molecular flexibility index (Phi) is 3.32. The Balaban J connectivity index is 2.16. The molecule has 1 fully saturated rings. The molecule has 4 nitrogen and oxygen atoms in total. The maximum atomic E-state index is 4.79. The van der Waals surface area contributed by atoms with Crippen molar-refractivity contribution in [2.45, 2.75) is 46.1 Å². The van der Waals surface area contributed by atoms with Gasteiger partial charge in [-0.1, -0.05) is 0 Å². The molecular weight excluding hydrogens is 268 g/mol. The lowest BCUT2D eigenvalue weighted by molar-refractivity contribution is 0.515. The molecule has 2 aromatic heterocycles. The molecule has 0 atom stereocenters. The number of hydrogen-bond donors (Lipinski definition) is 1. The lowest BCUT2D eigenvalue weighted by Crippen LogP contribution is -2.38. The van der Waals surface area contributed by atoms with Gasteiger partial charge in [0.15, 0.2) is 0 Å². The Morgan fingerprint density at radius 2 is 2.20 bits per heavy atom. The van der Waals surface area contributed by atoms with Crippen LogP contribution in [0, 0.1) is 6.92 Å². The van der Waals surface area contributed by atoms with Crippen LogP contribution in [0.2, 0.25) is 0 Å². The fourth-order valence-corrected chi connectivity index (χ4v) is 3.84. The van der Waals surface area contributed by atoms with E-state index in [1.165, 1.54) is 23.1 Å². The second-order valence-corrected chi connectivity index (χ2v) is 7.28. The number of aromatic nitrogens is 2. The number of hydrogen-bond acceptors (Lipinski definition) is 5. The molecule has 3 rings (SSSR count). The monoisotopic (exact) mass is 290 g/mol. The molecule has 0 aliphatic carbocycles. The Morgan fingerprint density at radius 3 is 2.85 bits per heavy atom. The summed E-state index contributed by atoms with van der Waals surface area (Å²) in [5, 5.41) is 4.46. The van der Waals surface area contributed by atoms with Crippen LogP contribution >= 0.6 is 11.3 Å². The zero-order valence-electron chi connectivity index (χ0n) is 12.7. The summed E-state index contributed by atoms with van der Waals surface area (Å²) < 4.78 is 0. The molecule has 5 heteroatoms. The summed E-state index contributed by atoms with van der Waals surface area (Å²) in [5.74, 6) is 1.84. The van der Waals surface area contributed by atoms with E-state index in [0.29, 0.717) is 0 Å². The summed E-state index contributed by atoms with van der Waals surface area (Å²) in [4.78, 5) is 14.3. The van der Waals surface area contributed by atoms with Crippen molar-refractivity contribution < 1.29 is 0 Å². The molecule has 0 unspecified atom stereocenters. The van der Waals surface area contributed by atoms with Gasteiger partial charge in [-0.3, -0.25) is 0 Å². The molecule has 0 spiro atoms. The molecule has 0 saturated carbocycles. The van der Waals surface area contributed by atoms with Gasteiger partial charge in [-0.05, 0) is 46.6 Å². The van der Waals surface area contributed by atoms with Crippen LogP contribution < -0.4 is 10.2 Å². The summed E-state index contributed by atoms with van der Waals surface area (Å²) in [5.41, 5.74) is 0.181. The van der Waals surface area contributed by atoms with E-state index in [1.807, 2.05) is 0 Å². The predicted molar refractivity (Wildman–Crippen MR) is 87.0 cm³/mol. The molecule has 3 heterocycles.